The summed E-state index contributed by atoms with van der Waals surface area (Å²) >= 11 is 0. The van der Waals surface area contributed by atoms with Crippen molar-refractivity contribution in [3.63, 3.8) is 0 Å². The molecule has 0 unspecified atom stereocenters. The minimum Gasteiger partial charge on any atom is -0.461 e. The molecule has 0 fully saturated rings. The number of anilines is 1. The number of aryl methyl sites for hydroxylation is 1. The van der Waals surface area contributed by atoms with Crippen LogP contribution in [0.25, 0.3) is 17.4 Å². The number of fused-ring (bicyclic) bond motifs is 1. The van der Waals surface area contributed by atoms with Gasteiger partial charge in [0.1, 0.15) is 0 Å². The van der Waals surface area contributed by atoms with E-state index in [0.29, 0.717) is 23.2 Å². The molecule has 0 amide bonds. The number of hydrogen-bond donors (Lipinski definition) is 1. The number of hydrogen-bond acceptors (Lipinski definition) is 6. The quantitative estimate of drug-likeness (QED) is 0.457. The van der Waals surface area contributed by atoms with Gasteiger partial charge in [0, 0.05) is 11.8 Å². The highest BCUT2D eigenvalue weighted by atomic mass is 16.3. The lowest BCUT2D eigenvalue weighted by Gasteiger charge is -2.06. The molecule has 124 valence electrons. The third-order valence-corrected chi connectivity index (χ3v) is 3.71. The molecule has 0 bridgehead atoms. The first-order valence-corrected chi connectivity index (χ1v) is 7.85. The van der Waals surface area contributed by atoms with Crippen molar-refractivity contribution < 1.29 is 4.42 Å². The molecule has 0 aliphatic carbocycles. The first-order chi connectivity index (χ1) is 12.2. The SMILES string of the molecule is C/C(=N/Nc1cc(C)nc2nc(-c3ccco3)nn12)c1ccccc1. The van der Waals surface area contributed by atoms with Gasteiger partial charge in [0.15, 0.2) is 11.6 Å². The highest BCUT2D eigenvalue weighted by Crippen LogP contribution is 2.19. The van der Waals surface area contributed by atoms with Crippen LogP contribution >= 0.6 is 0 Å². The van der Waals surface area contributed by atoms with E-state index in [1.54, 1.807) is 16.8 Å². The lowest BCUT2D eigenvalue weighted by atomic mass is 10.1. The average molecular weight is 332 g/mol. The zero-order valence-corrected chi connectivity index (χ0v) is 13.8. The van der Waals surface area contributed by atoms with Crippen LogP contribution in [0.1, 0.15) is 18.2 Å². The van der Waals surface area contributed by atoms with E-state index in [1.807, 2.05) is 56.3 Å². The second-order valence-corrected chi connectivity index (χ2v) is 5.58. The Morgan fingerprint density at radius 2 is 1.96 bits per heavy atom. The molecule has 3 aromatic heterocycles. The number of furan rings is 1. The van der Waals surface area contributed by atoms with E-state index in [-0.39, 0.29) is 0 Å². The van der Waals surface area contributed by atoms with Gasteiger partial charge in [-0.15, -0.1) is 5.10 Å². The van der Waals surface area contributed by atoms with Crippen molar-refractivity contribution in [1.82, 2.24) is 19.6 Å². The second kappa shape index (κ2) is 6.20. The first kappa shape index (κ1) is 15.1. The van der Waals surface area contributed by atoms with Crippen LogP contribution in [0.3, 0.4) is 0 Å². The largest absolute Gasteiger partial charge is 0.461 e. The van der Waals surface area contributed by atoms with Gasteiger partial charge in [-0.2, -0.15) is 14.6 Å². The number of hydrazone groups is 1. The van der Waals surface area contributed by atoms with E-state index in [1.165, 1.54) is 0 Å². The van der Waals surface area contributed by atoms with Gasteiger partial charge < -0.3 is 4.42 Å². The van der Waals surface area contributed by atoms with Gasteiger partial charge in [-0.3, -0.25) is 5.43 Å². The van der Waals surface area contributed by atoms with Gasteiger partial charge in [0.05, 0.1) is 12.0 Å². The van der Waals surface area contributed by atoms with Crippen LogP contribution in [0.2, 0.25) is 0 Å². The van der Waals surface area contributed by atoms with Crippen molar-refractivity contribution in [2.45, 2.75) is 13.8 Å². The second-order valence-electron chi connectivity index (χ2n) is 5.58. The van der Waals surface area contributed by atoms with Gasteiger partial charge >= 0.3 is 0 Å². The fourth-order valence-electron chi connectivity index (χ4n) is 2.46. The molecule has 25 heavy (non-hydrogen) atoms. The minimum atomic E-state index is 0.481. The summed E-state index contributed by atoms with van der Waals surface area (Å²) in [4.78, 5) is 8.83. The standard InChI is InChI=1S/C18H16N6O/c1-12-11-16(22-21-13(2)14-7-4-3-5-8-14)24-18(19-12)20-17(23-24)15-9-6-10-25-15/h3-11,22H,1-2H3/b21-13-. The van der Waals surface area contributed by atoms with Gasteiger partial charge in [-0.25, -0.2) is 4.98 Å². The number of nitrogens with one attached hydrogen (secondary N) is 1. The van der Waals surface area contributed by atoms with Crippen molar-refractivity contribution in [2.75, 3.05) is 5.43 Å². The molecule has 0 atom stereocenters. The summed E-state index contributed by atoms with van der Waals surface area (Å²) < 4.78 is 6.98. The van der Waals surface area contributed by atoms with Crippen LogP contribution in [-0.2, 0) is 0 Å². The van der Waals surface area contributed by atoms with Gasteiger partial charge in [-0.05, 0) is 31.5 Å². The highest BCUT2D eigenvalue weighted by molar-refractivity contribution is 5.98. The Hall–Kier alpha value is -3.48. The molecule has 0 aliphatic rings. The van der Waals surface area contributed by atoms with Crippen LogP contribution in [0.5, 0.6) is 0 Å². The van der Waals surface area contributed by atoms with Crippen molar-refractivity contribution >= 4 is 17.3 Å². The Morgan fingerprint density at radius 1 is 1.12 bits per heavy atom. The van der Waals surface area contributed by atoms with Gasteiger partial charge in [0.25, 0.3) is 5.78 Å². The summed E-state index contributed by atoms with van der Waals surface area (Å²) in [6.07, 6.45) is 1.59. The maximum absolute atomic E-state index is 5.36. The predicted octanol–water partition coefficient (Wildman–Crippen LogP) is 3.53. The molecule has 4 rings (SSSR count). The third-order valence-electron chi connectivity index (χ3n) is 3.71. The monoisotopic (exact) mass is 332 g/mol. The molecule has 0 saturated heterocycles. The van der Waals surface area contributed by atoms with E-state index < -0.39 is 0 Å². The minimum absolute atomic E-state index is 0.481. The molecule has 0 spiro atoms. The van der Waals surface area contributed by atoms with E-state index in [9.17, 15) is 0 Å². The third kappa shape index (κ3) is 2.99. The molecule has 0 saturated carbocycles. The molecular formula is C18H16N6O. The summed E-state index contributed by atoms with van der Waals surface area (Å²) in [5.41, 5.74) is 5.80. The fourth-order valence-corrected chi connectivity index (χ4v) is 2.46. The topological polar surface area (TPSA) is 80.6 Å². The Labute approximate surface area is 144 Å². The van der Waals surface area contributed by atoms with Gasteiger partial charge in [-0.1, -0.05) is 30.3 Å². The smallest absolute Gasteiger partial charge is 0.255 e. The molecule has 1 N–H and O–H groups in total. The van der Waals surface area contributed by atoms with Crippen LogP contribution in [0.15, 0.2) is 64.3 Å². The van der Waals surface area contributed by atoms with E-state index in [2.05, 4.69) is 25.6 Å². The number of aromatic nitrogens is 4. The Balaban J connectivity index is 1.71. The number of rotatable bonds is 4. The molecule has 0 aliphatic heterocycles. The predicted molar refractivity (Wildman–Crippen MR) is 95.5 cm³/mol. The van der Waals surface area contributed by atoms with Crippen molar-refractivity contribution in [3.05, 3.63) is 66.1 Å². The maximum atomic E-state index is 5.36. The Kier molecular flexibility index (Phi) is 3.74. The summed E-state index contributed by atoms with van der Waals surface area (Å²) in [6.45, 7) is 3.85. The highest BCUT2D eigenvalue weighted by Gasteiger charge is 2.13. The molecule has 4 aromatic rings. The molecule has 3 heterocycles. The zero-order valence-electron chi connectivity index (χ0n) is 13.8. The molecule has 7 heteroatoms. The lowest BCUT2D eigenvalue weighted by Crippen LogP contribution is -2.05. The Bertz CT molecular complexity index is 1030. The lowest BCUT2D eigenvalue weighted by molar-refractivity contribution is 0.577. The normalized spacial score (nSPS) is 11.8. The van der Waals surface area contributed by atoms with Crippen molar-refractivity contribution in [3.8, 4) is 11.6 Å². The zero-order chi connectivity index (χ0) is 17.2. The summed E-state index contributed by atoms with van der Waals surface area (Å²) in [5, 5.41) is 8.92. The van der Waals surface area contributed by atoms with Crippen LogP contribution < -0.4 is 5.43 Å². The fraction of sp³-hybridized carbons (Fsp3) is 0.111. The molecule has 1 aromatic carbocycles. The maximum Gasteiger partial charge on any atom is 0.255 e. The summed E-state index contributed by atoms with van der Waals surface area (Å²) in [7, 11) is 0. The summed E-state index contributed by atoms with van der Waals surface area (Å²) in [5.74, 6) is 2.25. The summed E-state index contributed by atoms with van der Waals surface area (Å²) in [6, 6.07) is 15.4. The van der Waals surface area contributed by atoms with Crippen LogP contribution in [0.4, 0.5) is 5.82 Å². The van der Waals surface area contributed by atoms with Crippen LogP contribution in [0, 0.1) is 6.92 Å². The number of nitrogens with zero attached hydrogens (tertiary/aromatic N) is 5. The van der Waals surface area contributed by atoms with Gasteiger partial charge in [0.2, 0.25) is 5.82 Å². The van der Waals surface area contributed by atoms with Crippen molar-refractivity contribution in [2.24, 2.45) is 5.10 Å². The number of benzene rings is 1. The van der Waals surface area contributed by atoms with E-state index >= 15 is 0 Å². The first-order valence-electron chi connectivity index (χ1n) is 7.85. The average Bonchev–Trinajstić information content (AvgIpc) is 3.29. The molecule has 0 radical (unpaired) electrons. The van der Waals surface area contributed by atoms with Crippen LogP contribution in [-0.4, -0.2) is 25.3 Å². The van der Waals surface area contributed by atoms with E-state index in [0.717, 1.165) is 17.0 Å². The van der Waals surface area contributed by atoms with Crippen molar-refractivity contribution in [1.29, 1.82) is 0 Å². The Morgan fingerprint density at radius 3 is 2.72 bits per heavy atom. The molecule has 7 nitrogen and oxygen atoms in total. The van der Waals surface area contributed by atoms with E-state index in [4.69, 9.17) is 4.42 Å². The molecular weight excluding hydrogens is 316 g/mol.